The van der Waals surface area contributed by atoms with Crippen LogP contribution < -0.4 is 0 Å². The van der Waals surface area contributed by atoms with Gasteiger partial charge in [-0.1, -0.05) is 13.3 Å². The van der Waals surface area contributed by atoms with Crippen molar-refractivity contribution in [1.29, 1.82) is 0 Å². The number of ether oxygens (including phenoxy) is 1. The Hall–Kier alpha value is -0.698. The summed E-state index contributed by atoms with van der Waals surface area (Å²) < 4.78 is 4.05. The van der Waals surface area contributed by atoms with Crippen molar-refractivity contribution < 1.29 is 24.2 Å². The van der Waals surface area contributed by atoms with Crippen LogP contribution in [0.1, 0.15) is 33.1 Å². The number of rotatable bonds is 5. The summed E-state index contributed by atoms with van der Waals surface area (Å²) in [5, 5.41) is 9.19. The third-order valence-electron chi connectivity index (χ3n) is 1.51. The van der Waals surface area contributed by atoms with E-state index >= 15 is 0 Å². The number of carbonyl (C=O) groups excluding carboxylic acids is 3. The van der Waals surface area contributed by atoms with Crippen LogP contribution in [0.25, 0.3) is 0 Å². The van der Waals surface area contributed by atoms with Gasteiger partial charge < -0.3 is 9.84 Å². The van der Waals surface area contributed by atoms with Crippen LogP contribution in [0.15, 0.2) is 0 Å². The highest BCUT2D eigenvalue weighted by molar-refractivity contribution is 6.35. The number of hydrogen-bond donors (Lipinski definition) is 1. The van der Waals surface area contributed by atoms with Gasteiger partial charge in [-0.2, -0.15) is 0 Å². The molecule has 0 aromatic heterocycles. The minimum atomic E-state index is -1.20. The Kier molecular flexibility index (Phi) is 9.59. The predicted octanol–water partition coefficient (Wildman–Crippen LogP) is -0.988. The van der Waals surface area contributed by atoms with E-state index in [-0.39, 0.29) is 23.8 Å². The van der Waals surface area contributed by atoms with Gasteiger partial charge in [-0.05, 0) is 6.42 Å². The van der Waals surface area contributed by atoms with Gasteiger partial charge in [0.25, 0.3) is 0 Å². The van der Waals surface area contributed by atoms with Gasteiger partial charge >= 0.3 is 11.9 Å². The van der Waals surface area contributed by atoms with Crippen LogP contribution in [0.3, 0.4) is 0 Å². The molecule has 0 radical (unpaired) electrons. The molecule has 0 bridgehead atoms. The van der Waals surface area contributed by atoms with E-state index in [0.717, 1.165) is 13.3 Å². The molecule has 86 valence electrons. The van der Waals surface area contributed by atoms with Gasteiger partial charge in [0.05, 0.1) is 6.10 Å². The molecule has 0 aliphatic heterocycles. The summed E-state index contributed by atoms with van der Waals surface area (Å²) in [6.07, 6.45) is 0.0296. The number of aliphatic hydroxyl groups excluding tert-OH is 1. The number of hydrogen-bond acceptors (Lipinski definition) is 5. The molecule has 0 aliphatic carbocycles. The van der Waals surface area contributed by atoms with Gasteiger partial charge in [-0.25, -0.2) is 4.79 Å². The molecular formula is C9H17AlO5. The molecule has 0 amide bonds. The zero-order valence-corrected chi connectivity index (χ0v) is 8.28. The first kappa shape index (κ1) is 16.7. The smallest absolute Gasteiger partial charge is 0.382 e. The fourth-order valence-electron chi connectivity index (χ4n) is 0.920. The third-order valence-corrected chi connectivity index (χ3v) is 1.51. The molecule has 1 atom stereocenters. The lowest BCUT2D eigenvalue weighted by Gasteiger charge is -2.06. The molecule has 0 fully saturated rings. The number of aliphatic hydroxyl groups is 1. The molecule has 1 N–H and O–H groups in total. The summed E-state index contributed by atoms with van der Waals surface area (Å²) >= 11 is 0. The topological polar surface area (TPSA) is 80.7 Å². The highest BCUT2D eigenvalue weighted by Crippen LogP contribution is 2.02. The van der Waals surface area contributed by atoms with Crippen LogP contribution in [0.5, 0.6) is 0 Å². The van der Waals surface area contributed by atoms with E-state index in [1.54, 1.807) is 0 Å². The number of carbonyl (C=O) groups is 3. The second-order valence-electron chi connectivity index (χ2n) is 2.95. The van der Waals surface area contributed by atoms with Crippen molar-refractivity contribution in [3.05, 3.63) is 0 Å². The van der Waals surface area contributed by atoms with E-state index in [4.69, 9.17) is 0 Å². The maximum absolute atomic E-state index is 11.0. The predicted molar refractivity (Wildman–Crippen MR) is 57.3 cm³/mol. The molecule has 0 rings (SSSR count). The highest BCUT2D eigenvalue weighted by Gasteiger charge is 2.20. The zero-order valence-electron chi connectivity index (χ0n) is 8.28. The van der Waals surface area contributed by atoms with Gasteiger partial charge in [0.15, 0.2) is 17.4 Å². The van der Waals surface area contributed by atoms with E-state index in [0.29, 0.717) is 6.42 Å². The largest absolute Gasteiger partial charge is 0.393 e. The van der Waals surface area contributed by atoms with Gasteiger partial charge in [0.1, 0.15) is 0 Å². The molecule has 15 heavy (non-hydrogen) atoms. The van der Waals surface area contributed by atoms with E-state index in [2.05, 4.69) is 4.74 Å². The highest BCUT2D eigenvalue weighted by atomic mass is 27.0. The first-order valence-electron chi connectivity index (χ1n) is 4.41. The Balaban J connectivity index is 0. The minimum absolute atomic E-state index is 0. The van der Waals surface area contributed by atoms with Gasteiger partial charge in [-0.15, -0.1) is 0 Å². The maximum atomic E-state index is 11.0. The minimum Gasteiger partial charge on any atom is -0.393 e. The lowest BCUT2D eigenvalue weighted by molar-refractivity contribution is -0.163. The number of ketones is 1. The van der Waals surface area contributed by atoms with Crippen LogP contribution in [0.2, 0.25) is 0 Å². The molecule has 0 aromatic carbocycles. The zero-order chi connectivity index (χ0) is 11.1. The van der Waals surface area contributed by atoms with Crippen molar-refractivity contribution in [3.8, 4) is 0 Å². The van der Waals surface area contributed by atoms with Crippen LogP contribution in [0, 0.1) is 0 Å². The summed E-state index contributed by atoms with van der Waals surface area (Å²) in [7, 11) is 0. The summed E-state index contributed by atoms with van der Waals surface area (Å²) in [6, 6.07) is 0. The molecule has 1 unspecified atom stereocenters. The van der Waals surface area contributed by atoms with Crippen LogP contribution >= 0.6 is 0 Å². The maximum Gasteiger partial charge on any atom is 0.382 e. The number of Topliss-reactive ketones (excluding diaryl/α,β-unsaturated/α-hetero) is 1. The Morgan fingerprint density at radius 2 is 1.87 bits per heavy atom. The van der Waals surface area contributed by atoms with E-state index in [1.807, 2.05) is 6.92 Å². The van der Waals surface area contributed by atoms with Crippen molar-refractivity contribution in [3.63, 3.8) is 0 Å². The Morgan fingerprint density at radius 1 is 1.33 bits per heavy atom. The van der Waals surface area contributed by atoms with Gasteiger partial charge in [0, 0.05) is 13.3 Å². The van der Waals surface area contributed by atoms with Crippen molar-refractivity contribution in [2.24, 2.45) is 0 Å². The molecule has 0 aromatic rings. The van der Waals surface area contributed by atoms with Crippen molar-refractivity contribution in [2.75, 3.05) is 0 Å². The second-order valence-corrected chi connectivity index (χ2v) is 2.95. The molecule has 0 aliphatic rings. The molecule has 0 spiro atoms. The van der Waals surface area contributed by atoms with E-state index < -0.39 is 23.8 Å². The van der Waals surface area contributed by atoms with Crippen LogP contribution in [-0.2, 0) is 19.1 Å². The van der Waals surface area contributed by atoms with Gasteiger partial charge in [0.2, 0.25) is 5.78 Å². The summed E-state index contributed by atoms with van der Waals surface area (Å²) in [5.41, 5.74) is 0. The normalized spacial score (nSPS) is 11.1. The van der Waals surface area contributed by atoms with Gasteiger partial charge in [-0.3, -0.25) is 9.59 Å². The first-order chi connectivity index (χ1) is 6.47. The van der Waals surface area contributed by atoms with E-state index in [9.17, 15) is 19.5 Å². The molecule has 0 heterocycles. The first-order valence-corrected chi connectivity index (χ1v) is 4.41. The lowest BCUT2D eigenvalue weighted by atomic mass is 10.1. The summed E-state index contributed by atoms with van der Waals surface area (Å²) in [6.45, 7) is 2.88. The average Bonchev–Trinajstić information content (AvgIpc) is 2.02. The quantitative estimate of drug-likeness (QED) is 0.285. The van der Waals surface area contributed by atoms with Crippen LogP contribution in [0.4, 0.5) is 0 Å². The Bertz CT molecular complexity index is 239. The standard InChI is InChI=1S/C9H14O5.Al.3H/c1-3-4-7(11)5-8(12)9(13)14-6(2)10;;;;/h7,11H,3-5H2,1-2H3;;;;. The Labute approximate surface area is 98.9 Å². The lowest BCUT2D eigenvalue weighted by Crippen LogP contribution is -2.24. The second kappa shape index (κ2) is 8.60. The molecule has 5 nitrogen and oxygen atoms in total. The SMILES string of the molecule is CCCC(O)CC(=O)C(=O)OC(C)=O.[AlH3]. The van der Waals surface area contributed by atoms with Crippen molar-refractivity contribution in [1.82, 2.24) is 0 Å². The van der Waals surface area contributed by atoms with Crippen LogP contribution in [-0.4, -0.2) is 46.3 Å². The monoisotopic (exact) mass is 232 g/mol. The molecule has 6 heteroatoms. The van der Waals surface area contributed by atoms with E-state index in [1.165, 1.54) is 0 Å². The fourth-order valence-corrected chi connectivity index (χ4v) is 0.920. The molecule has 0 saturated carbocycles. The summed E-state index contributed by atoms with van der Waals surface area (Å²) in [5.74, 6) is -2.90. The average molecular weight is 232 g/mol. The molecular weight excluding hydrogens is 215 g/mol. The van der Waals surface area contributed by atoms with Crippen molar-refractivity contribution in [2.45, 2.75) is 39.2 Å². The Morgan fingerprint density at radius 3 is 2.27 bits per heavy atom. The summed E-state index contributed by atoms with van der Waals surface area (Å²) in [4.78, 5) is 32.1. The third kappa shape index (κ3) is 8.31. The number of esters is 2. The fraction of sp³-hybridized carbons (Fsp3) is 0.667. The van der Waals surface area contributed by atoms with Crippen molar-refractivity contribution >= 4 is 35.1 Å². The molecule has 0 saturated heterocycles.